The van der Waals surface area contributed by atoms with E-state index in [9.17, 15) is 0 Å². The molecular formula is C15H24N6O2. The monoisotopic (exact) mass is 320 g/mol. The first kappa shape index (κ1) is 16.1. The Labute approximate surface area is 135 Å². The fraction of sp³-hybridized carbons (Fsp3) is 0.733. The Balaban J connectivity index is 1.66. The summed E-state index contributed by atoms with van der Waals surface area (Å²) in [4.78, 5) is 6.76. The zero-order chi connectivity index (χ0) is 16.4. The first-order valence-electron chi connectivity index (χ1n) is 8.02. The van der Waals surface area contributed by atoms with Crippen molar-refractivity contribution in [1.82, 2.24) is 29.8 Å². The van der Waals surface area contributed by atoms with Crippen molar-refractivity contribution in [2.75, 3.05) is 19.7 Å². The summed E-state index contributed by atoms with van der Waals surface area (Å²) in [5.74, 6) is 2.26. The molecule has 8 heteroatoms. The molecule has 8 nitrogen and oxygen atoms in total. The van der Waals surface area contributed by atoms with Crippen molar-refractivity contribution in [3.63, 3.8) is 0 Å². The average molecular weight is 320 g/mol. The first-order valence-corrected chi connectivity index (χ1v) is 8.02. The van der Waals surface area contributed by atoms with Crippen LogP contribution in [0.5, 0.6) is 0 Å². The second kappa shape index (κ2) is 6.37. The average Bonchev–Trinajstić information content (AvgIpc) is 3.15. The van der Waals surface area contributed by atoms with E-state index < -0.39 is 0 Å². The molecule has 0 spiro atoms. The summed E-state index contributed by atoms with van der Waals surface area (Å²) in [7, 11) is 0. The molecule has 1 unspecified atom stereocenters. The molecular weight excluding hydrogens is 296 g/mol. The maximum absolute atomic E-state index is 5.86. The van der Waals surface area contributed by atoms with E-state index in [-0.39, 0.29) is 11.5 Å². The SMILES string of the molecule is CCn1cnnc1C1CN(Cc2nc(C(C)(C)C)no2)CCO1. The first-order chi connectivity index (χ1) is 11.0. The van der Waals surface area contributed by atoms with Crippen LogP contribution in [0.3, 0.4) is 0 Å². The molecule has 0 radical (unpaired) electrons. The van der Waals surface area contributed by atoms with Gasteiger partial charge < -0.3 is 13.8 Å². The molecule has 0 bridgehead atoms. The van der Waals surface area contributed by atoms with E-state index >= 15 is 0 Å². The summed E-state index contributed by atoms with van der Waals surface area (Å²) in [5.41, 5.74) is -0.104. The third-order valence-corrected chi connectivity index (χ3v) is 3.92. The van der Waals surface area contributed by atoms with Gasteiger partial charge in [-0.15, -0.1) is 10.2 Å². The number of ether oxygens (including phenoxy) is 1. The Morgan fingerprint density at radius 1 is 1.35 bits per heavy atom. The van der Waals surface area contributed by atoms with Crippen LogP contribution in [0.15, 0.2) is 10.9 Å². The number of morpholine rings is 1. The molecule has 1 atom stereocenters. The Kier molecular flexibility index (Phi) is 4.45. The van der Waals surface area contributed by atoms with E-state index in [1.165, 1.54) is 0 Å². The zero-order valence-electron chi connectivity index (χ0n) is 14.2. The van der Waals surface area contributed by atoms with Crippen molar-refractivity contribution < 1.29 is 9.26 Å². The van der Waals surface area contributed by atoms with Gasteiger partial charge in [-0.25, -0.2) is 0 Å². The van der Waals surface area contributed by atoms with Crippen molar-refractivity contribution in [3.8, 4) is 0 Å². The molecule has 1 aliphatic heterocycles. The highest BCUT2D eigenvalue weighted by atomic mass is 16.5. The summed E-state index contributed by atoms with van der Waals surface area (Å²) in [6, 6.07) is 0. The van der Waals surface area contributed by atoms with Gasteiger partial charge in [0.2, 0.25) is 5.89 Å². The second-order valence-electron chi connectivity index (χ2n) is 6.83. The minimum atomic E-state index is -0.104. The highest BCUT2D eigenvalue weighted by Gasteiger charge is 2.28. The summed E-state index contributed by atoms with van der Waals surface area (Å²) in [6.07, 6.45) is 1.67. The van der Waals surface area contributed by atoms with Crippen LogP contribution in [0, 0.1) is 0 Å². The van der Waals surface area contributed by atoms with Crippen molar-refractivity contribution in [3.05, 3.63) is 23.9 Å². The predicted octanol–water partition coefficient (Wildman–Crippen LogP) is 1.55. The van der Waals surface area contributed by atoms with E-state index in [2.05, 4.69) is 52.9 Å². The molecule has 2 aromatic heterocycles. The van der Waals surface area contributed by atoms with Crippen LogP contribution in [-0.4, -0.2) is 49.5 Å². The van der Waals surface area contributed by atoms with E-state index in [1.54, 1.807) is 6.33 Å². The Bertz CT molecular complexity index is 644. The molecule has 126 valence electrons. The highest BCUT2D eigenvalue weighted by Crippen LogP contribution is 2.23. The number of hydrogen-bond acceptors (Lipinski definition) is 7. The maximum atomic E-state index is 5.86. The summed E-state index contributed by atoms with van der Waals surface area (Å²) >= 11 is 0. The van der Waals surface area contributed by atoms with Gasteiger partial charge >= 0.3 is 0 Å². The number of hydrogen-bond donors (Lipinski definition) is 0. The Morgan fingerprint density at radius 3 is 2.87 bits per heavy atom. The fourth-order valence-corrected chi connectivity index (χ4v) is 2.57. The molecule has 3 heterocycles. The quantitative estimate of drug-likeness (QED) is 0.845. The Hall–Kier alpha value is -1.80. The Morgan fingerprint density at radius 2 is 2.17 bits per heavy atom. The molecule has 1 aliphatic rings. The second-order valence-corrected chi connectivity index (χ2v) is 6.83. The lowest BCUT2D eigenvalue weighted by Gasteiger charge is -2.31. The molecule has 1 saturated heterocycles. The van der Waals surface area contributed by atoms with Gasteiger partial charge in [-0.1, -0.05) is 25.9 Å². The lowest BCUT2D eigenvalue weighted by atomic mass is 9.96. The molecule has 2 aromatic rings. The number of aryl methyl sites for hydroxylation is 1. The van der Waals surface area contributed by atoms with Gasteiger partial charge in [-0.2, -0.15) is 4.98 Å². The third kappa shape index (κ3) is 3.59. The van der Waals surface area contributed by atoms with Gasteiger partial charge in [0, 0.05) is 25.0 Å². The van der Waals surface area contributed by atoms with Gasteiger partial charge in [0.05, 0.1) is 13.2 Å². The number of aromatic nitrogens is 5. The molecule has 0 amide bonds. The largest absolute Gasteiger partial charge is 0.368 e. The lowest BCUT2D eigenvalue weighted by molar-refractivity contribution is -0.0414. The van der Waals surface area contributed by atoms with Crippen molar-refractivity contribution in [2.45, 2.75) is 52.3 Å². The maximum Gasteiger partial charge on any atom is 0.240 e. The van der Waals surface area contributed by atoms with E-state index in [4.69, 9.17) is 9.26 Å². The number of rotatable bonds is 4. The molecule has 23 heavy (non-hydrogen) atoms. The van der Waals surface area contributed by atoms with E-state index in [0.29, 0.717) is 19.0 Å². The fourth-order valence-electron chi connectivity index (χ4n) is 2.57. The van der Waals surface area contributed by atoms with Crippen molar-refractivity contribution >= 4 is 0 Å². The van der Waals surface area contributed by atoms with Gasteiger partial charge in [0.1, 0.15) is 12.4 Å². The molecule has 3 rings (SSSR count). The summed E-state index contributed by atoms with van der Waals surface area (Å²) < 4.78 is 13.3. The third-order valence-electron chi connectivity index (χ3n) is 3.92. The van der Waals surface area contributed by atoms with Crippen LogP contribution >= 0.6 is 0 Å². The van der Waals surface area contributed by atoms with Crippen molar-refractivity contribution in [2.24, 2.45) is 0 Å². The van der Waals surface area contributed by atoms with Gasteiger partial charge in [-0.3, -0.25) is 4.90 Å². The summed E-state index contributed by atoms with van der Waals surface area (Å²) in [6.45, 7) is 12.0. The molecule has 0 aromatic carbocycles. The van der Waals surface area contributed by atoms with Crippen LogP contribution in [0.2, 0.25) is 0 Å². The highest BCUT2D eigenvalue weighted by molar-refractivity contribution is 5.00. The van der Waals surface area contributed by atoms with Crippen LogP contribution in [-0.2, 0) is 23.2 Å². The van der Waals surface area contributed by atoms with Gasteiger partial charge in [0.15, 0.2) is 11.6 Å². The van der Waals surface area contributed by atoms with Crippen LogP contribution in [0.4, 0.5) is 0 Å². The standard InChI is InChI=1S/C15H24N6O2/c1-5-21-10-16-18-13(21)11-8-20(6-7-22-11)9-12-17-14(19-23-12)15(2,3)4/h10-11H,5-9H2,1-4H3. The predicted molar refractivity (Wildman–Crippen MR) is 82.7 cm³/mol. The zero-order valence-corrected chi connectivity index (χ0v) is 14.2. The molecule has 0 saturated carbocycles. The van der Waals surface area contributed by atoms with E-state index in [1.807, 2.05) is 4.57 Å². The van der Waals surface area contributed by atoms with Crippen LogP contribution in [0.1, 0.15) is 51.3 Å². The van der Waals surface area contributed by atoms with Crippen molar-refractivity contribution in [1.29, 1.82) is 0 Å². The molecule has 0 aliphatic carbocycles. The number of nitrogens with zero attached hydrogens (tertiary/aromatic N) is 6. The summed E-state index contributed by atoms with van der Waals surface area (Å²) in [5, 5.41) is 12.3. The topological polar surface area (TPSA) is 82.1 Å². The minimum absolute atomic E-state index is 0.0730. The van der Waals surface area contributed by atoms with Gasteiger partial charge in [-0.05, 0) is 6.92 Å². The molecule has 0 N–H and O–H groups in total. The van der Waals surface area contributed by atoms with Gasteiger partial charge in [0.25, 0.3) is 0 Å². The minimum Gasteiger partial charge on any atom is -0.368 e. The smallest absolute Gasteiger partial charge is 0.240 e. The molecule has 1 fully saturated rings. The van der Waals surface area contributed by atoms with E-state index in [0.717, 1.165) is 31.3 Å². The lowest BCUT2D eigenvalue weighted by Crippen LogP contribution is -2.38. The normalized spacial score (nSPS) is 20.1. The van der Waals surface area contributed by atoms with Crippen LogP contribution < -0.4 is 0 Å². The van der Waals surface area contributed by atoms with Crippen LogP contribution in [0.25, 0.3) is 0 Å².